The molecule has 6 heteroatoms. The van der Waals surface area contributed by atoms with Gasteiger partial charge < -0.3 is 11.1 Å². The summed E-state index contributed by atoms with van der Waals surface area (Å²) in [7, 11) is 0. The van der Waals surface area contributed by atoms with Crippen LogP contribution in [0, 0.1) is 6.92 Å². The minimum atomic E-state index is -0.258. The van der Waals surface area contributed by atoms with E-state index in [-0.39, 0.29) is 17.6 Å². The number of nitrogens with one attached hydrogen (secondary N) is 1. The van der Waals surface area contributed by atoms with E-state index in [0.717, 1.165) is 35.0 Å². The summed E-state index contributed by atoms with van der Waals surface area (Å²) in [5.74, 6) is -0.258. The van der Waals surface area contributed by atoms with Crippen molar-refractivity contribution < 1.29 is 4.79 Å². The summed E-state index contributed by atoms with van der Waals surface area (Å²) in [6, 6.07) is 9.90. The molecule has 4 rings (SSSR count). The molecule has 3 aromatic rings. The third-order valence-electron chi connectivity index (χ3n) is 4.18. The highest BCUT2D eigenvalue weighted by Gasteiger charge is 2.26. The molecule has 3 N–H and O–H groups in total. The smallest absolute Gasteiger partial charge is 0.274 e. The second-order valence-corrected chi connectivity index (χ2v) is 6.10. The molecular formula is C18H17N5O. The SMILES string of the molecule is Cc1ccc(-c2cccc3c(N)c(C(=O)NC4CC4)nnc23)cn1. The Morgan fingerprint density at radius 3 is 2.75 bits per heavy atom. The Morgan fingerprint density at radius 2 is 2.04 bits per heavy atom. The van der Waals surface area contributed by atoms with E-state index in [2.05, 4.69) is 20.5 Å². The number of carbonyl (C=O) groups excluding carboxylic acids is 1. The van der Waals surface area contributed by atoms with Gasteiger partial charge >= 0.3 is 0 Å². The molecule has 0 spiro atoms. The van der Waals surface area contributed by atoms with Gasteiger partial charge in [-0.15, -0.1) is 10.2 Å². The van der Waals surface area contributed by atoms with Gasteiger partial charge in [-0.05, 0) is 25.8 Å². The van der Waals surface area contributed by atoms with Crippen LogP contribution in [-0.4, -0.2) is 27.1 Å². The second-order valence-electron chi connectivity index (χ2n) is 6.10. The zero-order chi connectivity index (χ0) is 16.7. The Kier molecular flexibility index (Phi) is 3.37. The molecule has 1 aromatic carbocycles. The van der Waals surface area contributed by atoms with Crippen LogP contribution in [0.4, 0.5) is 5.69 Å². The topological polar surface area (TPSA) is 93.8 Å². The van der Waals surface area contributed by atoms with E-state index in [9.17, 15) is 4.79 Å². The highest BCUT2D eigenvalue weighted by molar-refractivity contribution is 6.07. The Balaban J connectivity index is 1.82. The first-order valence-electron chi connectivity index (χ1n) is 7.92. The number of hydrogen-bond donors (Lipinski definition) is 2. The molecular weight excluding hydrogens is 302 g/mol. The summed E-state index contributed by atoms with van der Waals surface area (Å²) in [6.45, 7) is 1.94. The van der Waals surface area contributed by atoms with E-state index >= 15 is 0 Å². The fourth-order valence-electron chi connectivity index (χ4n) is 2.66. The number of pyridine rings is 1. The molecule has 0 bridgehead atoms. The summed E-state index contributed by atoms with van der Waals surface area (Å²) in [6.07, 6.45) is 3.82. The Morgan fingerprint density at radius 1 is 1.21 bits per heavy atom. The Bertz CT molecular complexity index is 932. The van der Waals surface area contributed by atoms with Crippen molar-refractivity contribution in [1.82, 2.24) is 20.5 Å². The zero-order valence-corrected chi connectivity index (χ0v) is 13.3. The van der Waals surface area contributed by atoms with Crippen molar-refractivity contribution in [2.45, 2.75) is 25.8 Å². The largest absolute Gasteiger partial charge is 0.396 e. The van der Waals surface area contributed by atoms with Crippen molar-refractivity contribution in [3.63, 3.8) is 0 Å². The van der Waals surface area contributed by atoms with E-state index in [0.29, 0.717) is 11.2 Å². The van der Waals surface area contributed by atoms with Crippen molar-refractivity contribution in [2.75, 3.05) is 5.73 Å². The number of hydrogen-bond acceptors (Lipinski definition) is 5. The van der Waals surface area contributed by atoms with Crippen LogP contribution in [0.1, 0.15) is 29.0 Å². The maximum atomic E-state index is 12.2. The number of aromatic nitrogens is 3. The lowest BCUT2D eigenvalue weighted by Crippen LogP contribution is -2.27. The lowest BCUT2D eigenvalue weighted by molar-refractivity contribution is 0.0946. The number of rotatable bonds is 3. The molecule has 24 heavy (non-hydrogen) atoms. The van der Waals surface area contributed by atoms with Crippen LogP contribution in [0.2, 0.25) is 0 Å². The molecule has 1 amide bonds. The predicted octanol–water partition coefficient (Wildman–Crippen LogP) is 2.47. The molecule has 1 aliphatic carbocycles. The Labute approximate surface area is 139 Å². The number of nitrogen functional groups attached to an aromatic ring is 1. The molecule has 1 aliphatic rings. The molecule has 0 radical (unpaired) electrons. The molecule has 1 saturated carbocycles. The third-order valence-corrected chi connectivity index (χ3v) is 4.18. The molecule has 2 heterocycles. The van der Waals surface area contributed by atoms with Crippen LogP contribution in [0.3, 0.4) is 0 Å². The van der Waals surface area contributed by atoms with Gasteiger partial charge in [0.2, 0.25) is 0 Å². The van der Waals surface area contributed by atoms with E-state index in [4.69, 9.17) is 5.73 Å². The van der Waals surface area contributed by atoms with Crippen LogP contribution in [-0.2, 0) is 0 Å². The van der Waals surface area contributed by atoms with Gasteiger partial charge in [-0.2, -0.15) is 0 Å². The van der Waals surface area contributed by atoms with Crippen LogP contribution >= 0.6 is 0 Å². The lowest BCUT2D eigenvalue weighted by atomic mass is 10.0. The van der Waals surface area contributed by atoms with Crippen LogP contribution in [0.25, 0.3) is 22.0 Å². The number of aryl methyl sites for hydroxylation is 1. The molecule has 0 unspecified atom stereocenters. The first-order chi connectivity index (χ1) is 11.6. The van der Waals surface area contributed by atoms with Gasteiger partial charge in [0.25, 0.3) is 5.91 Å². The quantitative estimate of drug-likeness (QED) is 0.773. The molecule has 0 aliphatic heterocycles. The van der Waals surface area contributed by atoms with Gasteiger partial charge in [-0.25, -0.2) is 0 Å². The number of amides is 1. The molecule has 120 valence electrons. The van der Waals surface area contributed by atoms with Crippen molar-refractivity contribution in [2.24, 2.45) is 0 Å². The number of benzene rings is 1. The number of nitrogens with two attached hydrogens (primary N) is 1. The predicted molar refractivity (Wildman–Crippen MR) is 92.4 cm³/mol. The number of fused-ring (bicyclic) bond motifs is 1. The van der Waals surface area contributed by atoms with Crippen LogP contribution in [0.15, 0.2) is 36.5 Å². The molecule has 2 aromatic heterocycles. The fourth-order valence-corrected chi connectivity index (χ4v) is 2.66. The monoisotopic (exact) mass is 319 g/mol. The van der Waals surface area contributed by atoms with Gasteiger partial charge in [0.1, 0.15) is 5.52 Å². The van der Waals surface area contributed by atoms with Crippen molar-refractivity contribution in [1.29, 1.82) is 0 Å². The van der Waals surface area contributed by atoms with E-state index in [1.54, 1.807) is 6.20 Å². The zero-order valence-electron chi connectivity index (χ0n) is 13.3. The second kappa shape index (κ2) is 5.56. The summed E-state index contributed by atoms with van der Waals surface area (Å²) in [4.78, 5) is 16.6. The van der Waals surface area contributed by atoms with E-state index < -0.39 is 0 Å². The maximum Gasteiger partial charge on any atom is 0.274 e. The minimum absolute atomic E-state index is 0.189. The number of anilines is 1. The van der Waals surface area contributed by atoms with E-state index in [1.807, 2.05) is 37.3 Å². The maximum absolute atomic E-state index is 12.2. The summed E-state index contributed by atoms with van der Waals surface area (Å²) >= 11 is 0. The third kappa shape index (κ3) is 2.56. The number of nitrogens with zero attached hydrogens (tertiary/aromatic N) is 3. The average Bonchev–Trinajstić information content (AvgIpc) is 3.39. The highest BCUT2D eigenvalue weighted by Crippen LogP contribution is 2.30. The summed E-state index contributed by atoms with van der Waals surface area (Å²) in [5.41, 5.74) is 10.2. The highest BCUT2D eigenvalue weighted by atomic mass is 16.2. The standard InChI is InChI=1S/C18H17N5O/c1-10-5-6-11(9-20-10)13-3-2-4-14-15(19)17(23-22-16(13)14)18(24)21-12-7-8-12/h2-6,9,12H,7-8H2,1H3,(H2,19,22)(H,21,24). The van der Waals surface area contributed by atoms with Crippen molar-refractivity contribution in [3.8, 4) is 11.1 Å². The van der Waals surface area contributed by atoms with Gasteiger partial charge in [0.15, 0.2) is 5.69 Å². The first kappa shape index (κ1) is 14.6. The van der Waals surface area contributed by atoms with Gasteiger partial charge in [0, 0.05) is 34.4 Å². The van der Waals surface area contributed by atoms with Gasteiger partial charge in [-0.1, -0.05) is 24.3 Å². The fraction of sp³-hybridized carbons (Fsp3) is 0.222. The minimum Gasteiger partial charge on any atom is -0.396 e. The average molecular weight is 319 g/mol. The van der Waals surface area contributed by atoms with Crippen molar-refractivity contribution >= 4 is 22.5 Å². The molecule has 1 fully saturated rings. The van der Waals surface area contributed by atoms with Crippen molar-refractivity contribution in [3.05, 3.63) is 47.9 Å². The van der Waals surface area contributed by atoms with E-state index in [1.165, 1.54) is 0 Å². The Hall–Kier alpha value is -3.02. The molecule has 0 saturated heterocycles. The number of carbonyl (C=O) groups is 1. The lowest BCUT2D eigenvalue weighted by Gasteiger charge is -2.10. The van der Waals surface area contributed by atoms with Crippen LogP contribution < -0.4 is 11.1 Å². The molecule has 0 atom stereocenters. The van der Waals surface area contributed by atoms with Crippen LogP contribution in [0.5, 0.6) is 0 Å². The summed E-state index contributed by atoms with van der Waals surface area (Å²) in [5, 5.41) is 12.0. The van der Waals surface area contributed by atoms with Gasteiger partial charge in [-0.3, -0.25) is 9.78 Å². The first-order valence-corrected chi connectivity index (χ1v) is 7.92. The van der Waals surface area contributed by atoms with Gasteiger partial charge in [0.05, 0.1) is 5.69 Å². The summed E-state index contributed by atoms with van der Waals surface area (Å²) < 4.78 is 0. The molecule has 6 nitrogen and oxygen atoms in total. The normalized spacial score (nSPS) is 13.9.